The van der Waals surface area contributed by atoms with Crippen molar-refractivity contribution in [1.82, 2.24) is 10.6 Å². The van der Waals surface area contributed by atoms with Crippen LogP contribution >= 0.6 is 24.0 Å². The van der Waals surface area contributed by atoms with Crippen molar-refractivity contribution in [3.63, 3.8) is 0 Å². The maximum Gasteiger partial charge on any atom is 0.191 e. The summed E-state index contributed by atoms with van der Waals surface area (Å²) in [7, 11) is 0. The van der Waals surface area contributed by atoms with Gasteiger partial charge in [0.15, 0.2) is 5.96 Å². The fourth-order valence-electron chi connectivity index (χ4n) is 1.82. The van der Waals surface area contributed by atoms with Crippen LogP contribution in [0.2, 0.25) is 0 Å². The van der Waals surface area contributed by atoms with Crippen molar-refractivity contribution >= 4 is 29.9 Å². The number of nitrogens with one attached hydrogen (secondary N) is 2. The number of guanidine groups is 1. The molecule has 1 rings (SSSR count). The van der Waals surface area contributed by atoms with Crippen molar-refractivity contribution in [2.24, 2.45) is 4.99 Å². The third-order valence-electron chi connectivity index (χ3n) is 2.92. The van der Waals surface area contributed by atoms with Crippen LogP contribution in [0.15, 0.2) is 16.6 Å². The minimum atomic E-state index is 0. The Morgan fingerprint density at radius 2 is 2.21 bits per heavy atom. The van der Waals surface area contributed by atoms with Crippen molar-refractivity contribution in [2.75, 3.05) is 32.8 Å². The number of ether oxygens (including phenoxy) is 1. The lowest BCUT2D eigenvalue weighted by atomic mass is 10.1. The van der Waals surface area contributed by atoms with Crippen molar-refractivity contribution in [3.8, 4) is 0 Å². The molecule has 0 bridgehead atoms. The molecule has 0 fully saturated rings. The molecule has 1 heterocycles. The van der Waals surface area contributed by atoms with Crippen molar-refractivity contribution in [1.29, 1.82) is 0 Å². The first kappa shape index (κ1) is 18.7. The molecule has 0 amide bonds. The molecular weight excluding hydrogens is 353 g/mol. The van der Waals surface area contributed by atoms with Crippen LogP contribution in [0.1, 0.15) is 39.5 Å². The Labute approximate surface area is 134 Å². The van der Waals surface area contributed by atoms with E-state index in [-0.39, 0.29) is 24.0 Å². The zero-order valence-electron chi connectivity index (χ0n) is 12.2. The fourth-order valence-corrected chi connectivity index (χ4v) is 1.82. The highest BCUT2D eigenvalue weighted by Crippen LogP contribution is 2.10. The molecule has 1 aliphatic heterocycles. The van der Waals surface area contributed by atoms with Gasteiger partial charge in [0.05, 0.1) is 13.2 Å². The molecule has 0 unspecified atom stereocenters. The van der Waals surface area contributed by atoms with Gasteiger partial charge >= 0.3 is 0 Å². The minimum absolute atomic E-state index is 0. The Bertz CT molecular complexity index is 280. The molecule has 0 saturated heterocycles. The standard InChI is InChI=1S/C14H27N3O.HI/c1-3-5-9-16-14(15-4-2)17-10-6-13-7-11-18-12-8-13;/h7H,3-6,8-12H2,1-2H3,(H2,15,16,17);1H. The molecule has 0 aromatic rings. The number of nitrogens with zero attached hydrogens (tertiary/aromatic N) is 1. The van der Waals surface area contributed by atoms with Gasteiger partial charge in [0.25, 0.3) is 0 Å². The van der Waals surface area contributed by atoms with Gasteiger partial charge in [0.1, 0.15) is 0 Å². The van der Waals surface area contributed by atoms with Crippen LogP contribution in [0.4, 0.5) is 0 Å². The Morgan fingerprint density at radius 1 is 1.37 bits per heavy atom. The summed E-state index contributed by atoms with van der Waals surface area (Å²) in [5, 5.41) is 6.66. The van der Waals surface area contributed by atoms with E-state index in [0.717, 1.165) is 58.1 Å². The third kappa shape index (κ3) is 9.27. The van der Waals surface area contributed by atoms with Crippen LogP contribution < -0.4 is 10.6 Å². The van der Waals surface area contributed by atoms with Gasteiger partial charge in [-0.15, -0.1) is 24.0 Å². The molecule has 5 heteroatoms. The summed E-state index contributed by atoms with van der Waals surface area (Å²) < 4.78 is 5.30. The van der Waals surface area contributed by atoms with Crippen LogP contribution in [0.3, 0.4) is 0 Å². The highest BCUT2D eigenvalue weighted by Gasteiger charge is 2.03. The third-order valence-corrected chi connectivity index (χ3v) is 2.92. The maximum absolute atomic E-state index is 5.30. The van der Waals surface area contributed by atoms with Gasteiger partial charge in [0.2, 0.25) is 0 Å². The molecule has 4 nitrogen and oxygen atoms in total. The zero-order chi connectivity index (χ0) is 13.1. The predicted octanol–water partition coefficient (Wildman–Crippen LogP) is 2.70. The van der Waals surface area contributed by atoms with Crippen LogP contribution in [0, 0.1) is 0 Å². The van der Waals surface area contributed by atoms with Gasteiger partial charge in [-0.2, -0.15) is 0 Å². The van der Waals surface area contributed by atoms with Crippen molar-refractivity contribution in [2.45, 2.75) is 39.5 Å². The number of unbranched alkanes of at least 4 members (excludes halogenated alkanes) is 1. The smallest absolute Gasteiger partial charge is 0.191 e. The molecule has 0 aliphatic carbocycles. The first-order valence-corrected chi connectivity index (χ1v) is 7.14. The summed E-state index contributed by atoms with van der Waals surface area (Å²) in [4.78, 5) is 4.54. The van der Waals surface area contributed by atoms with E-state index in [1.165, 1.54) is 12.0 Å². The van der Waals surface area contributed by atoms with E-state index in [1.54, 1.807) is 0 Å². The molecule has 0 aromatic heterocycles. The Kier molecular flexibility index (Phi) is 12.5. The molecule has 0 atom stereocenters. The number of halogens is 1. The number of rotatable bonds is 7. The van der Waals surface area contributed by atoms with Gasteiger partial charge < -0.3 is 15.4 Å². The SMILES string of the molecule is CCCCN=C(NCC)NCCC1=CCOCC1.I. The van der Waals surface area contributed by atoms with Gasteiger partial charge in [0, 0.05) is 19.6 Å². The molecular formula is C14H28IN3O. The Balaban J connectivity index is 0.00000324. The first-order valence-electron chi connectivity index (χ1n) is 7.14. The maximum atomic E-state index is 5.30. The highest BCUT2D eigenvalue weighted by molar-refractivity contribution is 14.0. The Hall–Kier alpha value is -0.300. The van der Waals surface area contributed by atoms with Crippen LogP contribution in [-0.4, -0.2) is 38.8 Å². The van der Waals surface area contributed by atoms with Crippen molar-refractivity contribution in [3.05, 3.63) is 11.6 Å². The highest BCUT2D eigenvalue weighted by atomic mass is 127. The molecule has 2 N–H and O–H groups in total. The monoisotopic (exact) mass is 381 g/mol. The average Bonchev–Trinajstić information content (AvgIpc) is 2.40. The molecule has 112 valence electrons. The van der Waals surface area contributed by atoms with E-state index in [2.05, 4.69) is 35.5 Å². The normalized spacial score (nSPS) is 15.5. The van der Waals surface area contributed by atoms with Crippen LogP contribution in [0.5, 0.6) is 0 Å². The Morgan fingerprint density at radius 3 is 2.84 bits per heavy atom. The second kappa shape index (κ2) is 12.7. The summed E-state index contributed by atoms with van der Waals surface area (Å²) in [6.45, 7) is 8.70. The summed E-state index contributed by atoms with van der Waals surface area (Å²) in [5.74, 6) is 0.943. The number of aliphatic imine (C=N–C) groups is 1. The molecule has 0 spiro atoms. The van der Waals surface area contributed by atoms with E-state index >= 15 is 0 Å². The lowest BCUT2D eigenvalue weighted by Crippen LogP contribution is -2.38. The second-order valence-electron chi connectivity index (χ2n) is 4.48. The van der Waals surface area contributed by atoms with Gasteiger partial charge in [-0.05, 0) is 26.2 Å². The largest absolute Gasteiger partial charge is 0.377 e. The summed E-state index contributed by atoms with van der Waals surface area (Å²) in [6.07, 6.45) is 6.70. The van der Waals surface area contributed by atoms with E-state index in [0.29, 0.717) is 0 Å². The average molecular weight is 381 g/mol. The van der Waals surface area contributed by atoms with Gasteiger partial charge in [-0.1, -0.05) is 25.0 Å². The minimum Gasteiger partial charge on any atom is -0.377 e. The lowest BCUT2D eigenvalue weighted by Gasteiger charge is -2.15. The predicted molar refractivity (Wildman–Crippen MR) is 92.4 cm³/mol. The number of hydrogen-bond donors (Lipinski definition) is 2. The van der Waals surface area contributed by atoms with Crippen LogP contribution in [0.25, 0.3) is 0 Å². The molecule has 1 aliphatic rings. The first-order chi connectivity index (χ1) is 8.86. The van der Waals surface area contributed by atoms with E-state index < -0.39 is 0 Å². The quantitative estimate of drug-likeness (QED) is 0.234. The molecule has 0 aromatic carbocycles. The second-order valence-corrected chi connectivity index (χ2v) is 4.48. The van der Waals surface area contributed by atoms with Crippen molar-refractivity contribution < 1.29 is 4.74 Å². The van der Waals surface area contributed by atoms with E-state index in [9.17, 15) is 0 Å². The number of hydrogen-bond acceptors (Lipinski definition) is 2. The topological polar surface area (TPSA) is 45.7 Å². The van der Waals surface area contributed by atoms with Gasteiger partial charge in [-0.25, -0.2) is 0 Å². The van der Waals surface area contributed by atoms with E-state index in [1.807, 2.05) is 0 Å². The van der Waals surface area contributed by atoms with Crippen LogP contribution in [-0.2, 0) is 4.74 Å². The molecule has 0 radical (unpaired) electrons. The van der Waals surface area contributed by atoms with Gasteiger partial charge in [-0.3, -0.25) is 4.99 Å². The summed E-state index contributed by atoms with van der Waals surface area (Å²) in [6, 6.07) is 0. The zero-order valence-corrected chi connectivity index (χ0v) is 14.5. The molecule has 19 heavy (non-hydrogen) atoms. The lowest BCUT2D eigenvalue weighted by molar-refractivity contribution is 0.153. The summed E-state index contributed by atoms with van der Waals surface area (Å²) in [5.41, 5.74) is 1.50. The fraction of sp³-hybridized carbons (Fsp3) is 0.786. The molecule has 0 saturated carbocycles. The summed E-state index contributed by atoms with van der Waals surface area (Å²) >= 11 is 0. The van der Waals surface area contributed by atoms with E-state index in [4.69, 9.17) is 4.74 Å².